The first-order valence-electron chi connectivity index (χ1n) is 8.46. The molecular weight excluding hydrogens is 360 g/mol. The van der Waals surface area contributed by atoms with E-state index in [4.69, 9.17) is 9.47 Å². The highest BCUT2D eigenvalue weighted by Gasteiger charge is 2.12. The highest BCUT2D eigenvalue weighted by Crippen LogP contribution is 2.29. The number of methoxy groups -OCH3 is 2. The SMILES string of the molecule is COc1cccc(CNC(=O)c2cc3cc4cc(OC)ccc4nc3s2)c1. The number of benzene rings is 2. The molecule has 5 nitrogen and oxygen atoms in total. The minimum absolute atomic E-state index is 0.109. The van der Waals surface area contributed by atoms with Crippen molar-refractivity contribution in [3.05, 3.63) is 65.0 Å². The average Bonchev–Trinajstić information content (AvgIpc) is 3.12. The molecule has 6 heteroatoms. The topological polar surface area (TPSA) is 60.5 Å². The van der Waals surface area contributed by atoms with Crippen LogP contribution in [0.5, 0.6) is 11.5 Å². The fourth-order valence-corrected chi connectivity index (χ4v) is 3.84. The smallest absolute Gasteiger partial charge is 0.261 e. The van der Waals surface area contributed by atoms with Crippen LogP contribution in [0.2, 0.25) is 0 Å². The van der Waals surface area contributed by atoms with E-state index in [1.54, 1.807) is 14.2 Å². The van der Waals surface area contributed by atoms with Gasteiger partial charge in [0.15, 0.2) is 0 Å². The number of hydrogen-bond acceptors (Lipinski definition) is 5. The molecule has 0 atom stereocenters. The molecule has 136 valence electrons. The number of ether oxygens (including phenoxy) is 2. The summed E-state index contributed by atoms with van der Waals surface area (Å²) in [7, 11) is 3.27. The lowest BCUT2D eigenvalue weighted by molar-refractivity contribution is 0.0955. The molecule has 0 saturated heterocycles. The van der Waals surface area contributed by atoms with E-state index in [2.05, 4.69) is 10.3 Å². The first kappa shape index (κ1) is 17.3. The highest BCUT2D eigenvalue weighted by molar-refractivity contribution is 7.20. The van der Waals surface area contributed by atoms with E-state index in [0.29, 0.717) is 11.4 Å². The molecule has 4 aromatic rings. The molecule has 0 spiro atoms. The maximum Gasteiger partial charge on any atom is 0.261 e. The zero-order valence-corrected chi connectivity index (χ0v) is 15.8. The molecule has 0 aliphatic heterocycles. The van der Waals surface area contributed by atoms with Gasteiger partial charge < -0.3 is 14.8 Å². The van der Waals surface area contributed by atoms with Crippen LogP contribution >= 0.6 is 11.3 Å². The van der Waals surface area contributed by atoms with Gasteiger partial charge in [-0.2, -0.15) is 0 Å². The van der Waals surface area contributed by atoms with Crippen LogP contribution in [0.3, 0.4) is 0 Å². The molecule has 1 N–H and O–H groups in total. The number of carbonyl (C=O) groups is 1. The molecule has 0 saturated carbocycles. The Kier molecular flexibility index (Phi) is 4.64. The summed E-state index contributed by atoms with van der Waals surface area (Å²) in [4.78, 5) is 18.7. The third-order valence-electron chi connectivity index (χ3n) is 4.32. The second-order valence-corrected chi connectivity index (χ2v) is 7.12. The zero-order valence-electron chi connectivity index (χ0n) is 15.0. The maximum absolute atomic E-state index is 12.6. The zero-order chi connectivity index (χ0) is 18.8. The van der Waals surface area contributed by atoms with Crippen LogP contribution in [0.15, 0.2) is 54.6 Å². The third-order valence-corrected chi connectivity index (χ3v) is 5.36. The summed E-state index contributed by atoms with van der Waals surface area (Å²) in [6.07, 6.45) is 0. The van der Waals surface area contributed by atoms with Gasteiger partial charge in [0.2, 0.25) is 0 Å². The van der Waals surface area contributed by atoms with Gasteiger partial charge in [0.25, 0.3) is 5.91 Å². The fourth-order valence-electron chi connectivity index (χ4n) is 2.90. The Morgan fingerprint density at radius 3 is 2.63 bits per heavy atom. The van der Waals surface area contributed by atoms with Gasteiger partial charge in [0.1, 0.15) is 16.3 Å². The molecule has 0 bridgehead atoms. The monoisotopic (exact) mass is 378 g/mol. The Morgan fingerprint density at radius 1 is 1.00 bits per heavy atom. The summed E-state index contributed by atoms with van der Waals surface area (Å²) in [5, 5.41) is 4.90. The molecule has 27 heavy (non-hydrogen) atoms. The molecule has 0 fully saturated rings. The van der Waals surface area contributed by atoms with Crippen LogP contribution in [0.1, 0.15) is 15.2 Å². The number of amides is 1. The number of hydrogen-bond donors (Lipinski definition) is 1. The minimum Gasteiger partial charge on any atom is -0.497 e. The number of thiophene rings is 1. The molecule has 1 amide bonds. The van der Waals surface area contributed by atoms with Crippen molar-refractivity contribution in [3.63, 3.8) is 0 Å². The summed E-state index contributed by atoms with van der Waals surface area (Å²) in [5.74, 6) is 1.45. The molecule has 2 aromatic carbocycles. The van der Waals surface area contributed by atoms with Gasteiger partial charge in [-0.05, 0) is 48.0 Å². The van der Waals surface area contributed by atoms with Gasteiger partial charge in [-0.25, -0.2) is 4.98 Å². The lowest BCUT2D eigenvalue weighted by Crippen LogP contribution is -2.21. The van der Waals surface area contributed by atoms with E-state index in [0.717, 1.165) is 38.2 Å². The molecule has 0 aliphatic rings. The van der Waals surface area contributed by atoms with Crippen LogP contribution in [-0.4, -0.2) is 25.1 Å². The van der Waals surface area contributed by atoms with Crippen molar-refractivity contribution in [2.75, 3.05) is 14.2 Å². The molecule has 4 rings (SSSR count). The van der Waals surface area contributed by atoms with Gasteiger partial charge in [-0.3, -0.25) is 4.79 Å². The number of carbonyl (C=O) groups excluding carboxylic acids is 1. The first-order valence-corrected chi connectivity index (χ1v) is 9.27. The van der Waals surface area contributed by atoms with Crippen LogP contribution < -0.4 is 14.8 Å². The van der Waals surface area contributed by atoms with E-state index < -0.39 is 0 Å². The van der Waals surface area contributed by atoms with E-state index >= 15 is 0 Å². The third kappa shape index (κ3) is 3.57. The summed E-state index contributed by atoms with van der Waals surface area (Å²) in [6, 6.07) is 17.3. The Balaban J connectivity index is 1.57. The minimum atomic E-state index is -0.109. The molecule has 0 unspecified atom stereocenters. The van der Waals surface area contributed by atoms with Gasteiger partial charge in [-0.15, -0.1) is 11.3 Å². The van der Waals surface area contributed by atoms with E-state index in [9.17, 15) is 4.79 Å². The molecule has 0 radical (unpaired) electrons. The number of pyridine rings is 1. The van der Waals surface area contributed by atoms with Crippen LogP contribution in [0.25, 0.3) is 21.1 Å². The Labute approximate surface area is 160 Å². The number of rotatable bonds is 5. The van der Waals surface area contributed by atoms with E-state index in [-0.39, 0.29) is 5.91 Å². The molecule has 0 aliphatic carbocycles. The van der Waals surface area contributed by atoms with Crippen molar-refractivity contribution in [3.8, 4) is 11.5 Å². The van der Waals surface area contributed by atoms with Crippen LogP contribution in [-0.2, 0) is 6.54 Å². The molecule has 2 heterocycles. The largest absolute Gasteiger partial charge is 0.497 e. The molecule has 2 aromatic heterocycles. The van der Waals surface area contributed by atoms with Gasteiger partial charge in [0, 0.05) is 17.3 Å². The highest BCUT2D eigenvalue weighted by atomic mass is 32.1. The van der Waals surface area contributed by atoms with E-state index in [1.165, 1.54) is 11.3 Å². The van der Waals surface area contributed by atoms with Crippen LogP contribution in [0.4, 0.5) is 0 Å². The van der Waals surface area contributed by atoms with Crippen molar-refractivity contribution in [1.82, 2.24) is 10.3 Å². The predicted octanol–water partition coefficient (Wildman–Crippen LogP) is 4.40. The van der Waals surface area contributed by atoms with Crippen LogP contribution in [0, 0.1) is 0 Å². The predicted molar refractivity (Wildman–Crippen MR) is 108 cm³/mol. The number of aromatic nitrogens is 1. The van der Waals surface area contributed by atoms with Gasteiger partial charge >= 0.3 is 0 Å². The number of nitrogens with one attached hydrogen (secondary N) is 1. The summed E-state index contributed by atoms with van der Waals surface area (Å²) < 4.78 is 10.5. The lowest BCUT2D eigenvalue weighted by Gasteiger charge is -2.05. The Hall–Kier alpha value is -3.12. The number of fused-ring (bicyclic) bond motifs is 2. The Bertz CT molecular complexity index is 1140. The van der Waals surface area contributed by atoms with E-state index in [1.807, 2.05) is 54.6 Å². The normalized spacial score (nSPS) is 10.9. The summed E-state index contributed by atoms with van der Waals surface area (Å²) in [6.45, 7) is 0.441. The second-order valence-electron chi connectivity index (χ2n) is 6.09. The van der Waals surface area contributed by atoms with Crippen molar-refractivity contribution >= 4 is 38.4 Å². The average molecular weight is 378 g/mol. The Morgan fingerprint density at radius 2 is 1.81 bits per heavy atom. The second kappa shape index (κ2) is 7.25. The summed E-state index contributed by atoms with van der Waals surface area (Å²) >= 11 is 1.39. The number of nitrogens with zero attached hydrogens (tertiary/aromatic N) is 1. The first-order chi connectivity index (χ1) is 13.2. The quantitative estimate of drug-likeness (QED) is 0.559. The lowest BCUT2D eigenvalue weighted by atomic mass is 10.2. The molecular formula is C21H18N2O3S. The summed E-state index contributed by atoms with van der Waals surface area (Å²) in [5.41, 5.74) is 1.87. The van der Waals surface area contributed by atoms with Crippen molar-refractivity contribution in [2.45, 2.75) is 6.54 Å². The van der Waals surface area contributed by atoms with Crippen molar-refractivity contribution in [1.29, 1.82) is 0 Å². The fraction of sp³-hybridized carbons (Fsp3) is 0.143. The van der Waals surface area contributed by atoms with Gasteiger partial charge in [0.05, 0.1) is 24.6 Å². The van der Waals surface area contributed by atoms with Crippen molar-refractivity contribution < 1.29 is 14.3 Å². The standard InChI is InChI=1S/C21H18N2O3S/c1-25-16-5-3-4-13(8-16)12-22-20(24)19-11-15-9-14-10-17(26-2)6-7-18(14)23-21(15)27-19/h3-11H,12H2,1-2H3,(H,22,24). The maximum atomic E-state index is 12.6. The van der Waals surface area contributed by atoms with Gasteiger partial charge in [-0.1, -0.05) is 12.1 Å². The van der Waals surface area contributed by atoms with Crippen molar-refractivity contribution in [2.24, 2.45) is 0 Å².